The van der Waals surface area contributed by atoms with E-state index in [1.165, 1.54) is 12.1 Å². The van der Waals surface area contributed by atoms with Crippen LogP contribution in [0, 0.1) is 18.7 Å². The Labute approximate surface area is 227 Å². The maximum absolute atomic E-state index is 14.2. The van der Waals surface area contributed by atoms with E-state index in [1.54, 1.807) is 18.5 Å². The molecule has 0 unspecified atom stereocenters. The molecule has 0 spiro atoms. The normalized spacial score (nSPS) is 12.5. The summed E-state index contributed by atoms with van der Waals surface area (Å²) in [4.78, 5) is 12.7. The number of benzene rings is 1. The lowest BCUT2D eigenvalue weighted by atomic mass is 10.0. The second kappa shape index (κ2) is 10.5. The first-order chi connectivity index (χ1) is 18.8. The second-order valence-corrected chi connectivity index (χ2v) is 9.86. The molecule has 5 aromatic rings. The lowest BCUT2D eigenvalue weighted by Crippen LogP contribution is -2.14. The molecule has 0 bridgehead atoms. The van der Waals surface area contributed by atoms with E-state index in [4.69, 9.17) is 0 Å². The number of nitrogens with one attached hydrogen (secondary N) is 3. The average molecular weight is 519 g/mol. The van der Waals surface area contributed by atoms with Crippen molar-refractivity contribution >= 4 is 27.4 Å². The van der Waals surface area contributed by atoms with Crippen LogP contribution in [0.15, 0.2) is 91.6 Å². The molecule has 39 heavy (non-hydrogen) atoms. The third-order valence-corrected chi connectivity index (χ3v) is 6.71. The minimum atomic E-state index is -0.282. The standard InChI is InChI=1S/C32H31FN6/c1-7-21(14-24(8-2)36-20(6)18(3)4)28-15-26-30(17-35-28)38-39-32(26)29-16-25-27(37-29)9-10-34-31(25)22-11-19(5)12-23(33)13-22/h7-18,36-37H,2,6H2,1,3-5H3,(H,38,39)/b21-7+,24-14+. The number of allylic oxidation sites excluding steroid dienone is 5. The minimum Gasteiger partial charge on any atom is -0.359 e. The van der Waals surface area contributed by atoms with Crippen molar-refractivity contribution in [2.45, 2.75) is 27.7 Å². The van der Waals surface area contributed by atoms with Gasteiger partial charge in [0.05, 0.1) is 28.8 Å². The molecule has 0 aliphatic carbocycles. The Morgan fingerprint density at radius 1 is 1.05 bits per heavy atom. The molecule has 4 heterocycles. The predicted octanol–water partition coefficient (Wildman–Crippen LogP) is 7.85. The average Bonchev–Trinajstić information content (AvgIpc) is 3.53. The zero-order chi connectivity index (χ0) is 27.7. The Bertz CT molecular complexity index is 1760. The van der Waals surface area contributed by atoms with Gasteiger partial charge in [-0.2, -0.15) is 5.10 Å². The van der Waals surface area contributed by atoms with E-state index in [1.807, 2.05) is 50.3 Å². The molecular formula is C32H31FN6. The molecule has 3 N–H and O–H groups in total. The van der Waals surface area contributed by atoms with E-state index in [0.29, 0.717) is 11.6 Å². The van der Waals surface area contributed by atoms with Crippen molar-refractivity contribution in [2.24, 2.45) is 5.92 Å². The smallest absolute Gasteiger partial charge is 0.124 e. The number of H-pyrrole nitrogens is 2. The van der Waals surface area contributed by atoms with Crippen molar-refractivity contribution in [1.82, 2.24) is 30.5 Å². The van der Waals surface area contributed by atoms with Crippen LogP contribution in [0.25, 0.3) is 50.0 Å². The van der Waals surface area contributed by atoms with Gasteiger partial charge in [0.2, 0.25) is 0 Å². The summed E-state index contributed by atoms with van der Waals surface area (Å²) in [7, 11) is 0. The van der Waals surface area contributed by atoms with Gasteiger partial charge in [0.15, 0.2) is 0 Å². The molecule has 0 fully saturated rings. The summed E-state index contributed by atoms with van der Waals surface area (Å²) in [5.41, 5.74) is 9.11. The largest absolute Gasteiger partial charge is 0.359 e. The van der Waals surface area contributed by atoms with Crippen molar-refractivity contribution in [2.75, 3.05) is 0 Å². The molecule has 0 aliphatic heterocycles. The van der Waals surface area contributed by atoms with Crippen molar-refractivity contribution in [3.63, 3.8) is 0 Å². The number of aromatic nitrogens is 5. The summed E-state index contributed by atoms with van der Waals surface area (Å²) in [5, 5.41) is 12.9. The van der Waals surface area contributed by atoms with E-state index in [9.17, 15) is 4.39 Å². The number of hydrogen-bond acceptors (Lipinski definition) is 4. The van der Waals surface area contributed by atoms with Crippen LogP contribution in [0.2, 0.25) is 0 Å². The number of rotatable bonds is 8. The Balaban J connectivity index is 1.57. The minimum absolute atomic E-state index is 0.282. The van der Waals surface area contributed by atoms with Crippen LogP contribution in [0.5, 0.6) is 0 Å². The van der Waals surface area contributed by atoms with E-state index in [-0.39, 0.29) is 5.82 Å². The van der Waals surface area contributed by atoms with Gasteiger partial charge < -0.3 is 10.3 Å². The number of hydrogen-bond donors (Lipinski definition) is 3. The van der Waals surface area contributed by atoms with Crippen LogP contribution in [0.3, 0.4) is 0 Å². The Hall–Kier alpha value is -4.78. The molecule has 0 saturated carbocycles. The molecule has 5 rings (SSSR count). The first-order valence-corrected chi connectivity index (χ1v) is 12.8. The van der Waals surface area contributed by atoms with E-state index in [0.717, 1.165) is 67.0 Å². The van der Waals surface area contributed by atoms with Crippen molar-refractivity contribution in [1.29, 1.82) is 0 Å². The van der Waals surface area contributed by atoms with E-state index < -0.39 is 0 Å². The monoisotopic (exact) mass is 518 g/mol. The lowest BCUT2D eigenvalue weighted by Gasteiger charge is -2.14. The van der Waals surface area contributed by atoms with Gasteiger partial charge in [-0.1, -0.05) is 33.1 Å². The maximum Gasteiger partial charge on any atom is 0.124 e. The molecule has 196 valence electrons. The number of aryl methyl sites for hydroxylation is 1. The molecule has 0 aliphatic rings. The van der Waals surface area contributed by atoms with Gasteiger partial charge in [-0.05, 0) is 79.5 Å². The lowest BCUT2D eigenvalue weighted by molar-refractivity contribution is 0.627. The third kappa shape index (κ3) is 5.16. The van der Waals surface area contributed by atoms with E-state index in [2.05, 4.69) is 57.5 Å². The second-order valence-electron chi connectivity index (χ2n) is 9.86. The highest BCUT2D eigenvalue weighted by atomic mass is 19.1. The Morgan fingerprint density at radius 3 is 2.56 bits per heavy atom. The van der Waals surface area contributed by atoms with Gasteiger partial charge in [-0.15, -0.1) is 0 Å². The summed E-state index contributed by atoms with van der Waals surface area (Å²) in [6.45, 7) is 16.1. The molecule has 4 aromatic heterocycles. The first kappa shape index (κ1) is 25.9. The Morgan fingerprint density at radius 2 is 1.85 bits per heavy atom. The highest BCUT2D eigenvalue weighted by molar-refractivity contribution is 6.00. The maximum atomic E-state index is 14.2. The summed E-state index contributed by atoms with van der Waals surface area (Å²) in [5.74, 6) is 0.0115. The van der Waals surface area contributed by atoms with Crippen LogP contribution in [-0.2, 0) is 0 Å². The highest BCUT2D eigenvalue weighted by Crippen LogP contribution is 2.34. The van der Waals surface area contributed by atoms with Gasteiger partial charge in [0, 0.05) is 39.4 Å². The predicted molar refractivity (Wildman–Crippen MR) is 158 cm³/mol. The van der Waals surface area contributed by atoms with Crippen LogP contribution in [0.1, 0.15) is 32.0 Å². The van der Waals surface area contributed by atoms with Crippen LogP contribution in [0.4, 0.5) is 4.39 Å². The SMILES string of the molecule is C=C/C(=C\C(=C/C)c1cc2c(-c3cc4c(-c5cc(C)cc(F)c5)nccc4[nH]3)n[nH]c2cn1)NC(=C)C(C)C. The number of halogens is 1. The zero-order valence-electron chi connectivity index (χ0n) is 22.6. The van der Waals surface area contributed by atoms with Crippen LogP contribution < -0.4 is 5.32 Å². The Kier molecular flexibility index (Phi) is 6.98. The van der Waals surface area contributed by atoms with Gasteiger partial charge in [-0.3, -0.25) is 15.1 Å². The molecular weight excluding hydrogens is 487 g/mol. The zero-order valence-corrected chi connectivity index (χ0v) is 22.6. The fourth-order valence-corrected chi connectivity index (χ4v) is 4.51. The van der Waals surface area contributed by atoms with Crippen molar-refractivity contribution < 1.29 is 4.39 Å². The topological polar surface area (TPSA) is 82.3 Å². The van der Waals surface area contributed by atoms with Crippen molar-refractivity contribution in [3.05, 3.63) is 109 Å². The van der Waals surface area contributed by atoms with E-state index >= 15 is 0 Å². The number of pyridine rings is 2. The number of fused-ring (bicyclic) bond motifs is 2. The molecule has 0 radical (unpaired) electrons. The third-order valence-electron chi connectivity index (χ3n) is 6.71. The summed E-state index contributed by atoms with van der Waals surface area (Å²) < 4.78 is 14.2. The highest BCUT2D eigenvalue weighted by Gasteiger charge is 2.16. The van der Waals surface area contributed by atoms with Crippen LogP contribution in [-0.4, -0.2) is 25.1 Å². The number of aromatic amines is 2. The van der Waals surface area contributed by atoms with Gasteiger partial charge >= 0.3 is 0 Å². The summed E-state index contributed by atoms with van der Waals surface area (Å²) in [6, 6.07) is 10.9. The molecule has 0 saturated heterocycles. The summed E-state index contributed by atoms with van der Waals surface area (Å²) in [6.07, 6.45) is 9.31. The fraction of sp³-hybridized carbons (Fsp3) is 0.156. The molecule has 0 atom stereocenters. The van der Waals surface area contributed by atoms with Crippen LogP contribution >= 0.6 is 0 Å². The van der Waals surface area contributed by atoms with Gasteiger partial charge in [-0.25, -0.2) is 4.39 Å². The quantitative estimate of drug-likeness (QED) is 0.183. The molecule has 0 amide bonds. The molecule has 6 nitrogen and oxygen atoms in total. The van der Waals surface area contributed by atoms with Gasteiger partial charge in [0.25, 0.3) is 0 Å². The first-order valence-electron chi connectivity index (χ1n) is 12.8. The fourth-order valence-electron chi connectivity index (χ4n) is 4.51. The molecule has 7 heteroatoms. The number of nitrogens with zero attached hydrogens (tertiary/aromatic N) is 3. The summed E-state index contributed by atoms with van der Waals surface area (Å²) >= 11 is 0. The van der Waals surface area contributed by atoms with Crippen molar-refractivity contribution in [3.8, 4) is 22.6 Å². The van der Waals surface area contributed by atoms with Gasteiger partial charge in [0.1, 0.15) is 11.5 Å². The molecule has 1 aromatic carbocycles.